The summed E-state index contributed by atoms with van der Waals surface area (Å²) in [5, 5.41) is 9.21. The first-order chi connectivity index (χ1) is 15.6. The van der Waals surface area contributed by atoms with Crippen molar-refractivity contribution >= 4 is 35.3 Å². The third kappa shape index (κ3) is 4.81. The van der Waals surface area contributed by atoms with E-state index in [2.05, 4.69) is 22.2 Å². The Morgan fingerprint density at radius 2 is 2.06 bits per heavy atom. The minimum atomic E-state index is -0.524. The molecule has 1 unspecified atom stereocenters. The summed E-state index contributed by atoms with van der Waals surface area (Å²) >= 11 is 7.77. The Balaban J connectivity index is 1.64. The number of hydrogen-bond acceptors (Lipinski definition) is 7. The Labute approximate surface area is 196 Å². The van der Waals surface area contributed by atoms with Crippen LogP contribution in [0.25, 0.3) is 0 Å². The molecule has 1 aliphatic rings. The van der Waals surface area contributed by atoms with Gasteiger partial charge in [-0.05, 0) is 37.1 Å². The van der Waals surface area contributed by atoms with Gasteiger partial charge in [-0.1, -0.05) is 61.0 Å². The van der Waals surface area contributed by atoms with Crippen molar-refractivity contribution in [3.05, 3.63) is 76.2 Å². The number of halogens is 1. The monoisotopic (exact) mass is 469 g/mol. The molecule has 3 heterocycles. The molecular formula is C23H24ClN5O2S. The topological polar surface area (TPSA) is 81.9 Å². The number of thioether (sulfide) groups is 1. The van der Waals surface area contributed by atoms with E-state index in [1.807, 2.05) is 49.4 Å². The number of aromatic nitrogens is 4. The number of carbonyl (C=O) groups excluding carboxylic acids is 1. The Morgan fingerprint density at radius 3 is 2.81 bits per heavy atom. The summed E-state index contributed by atoms with van der Waals surface area (Å²) in [4.78, 5) is 22.1. The van der Waals surface area contributed by atoms with Gasteiger partial charge >= 0.3 is 5.97 Å². The van der Waals surface area contributed by atoms with Gasteiger partial charge in [-0.3, -0.25) is 4.98 Å². The lowest BCUT2D eigenvalue weighted by molar-refractivity contribution is -0.139. The summed E-state index contributed by atoms with van der Waals surface area (Å²) in [5.41, 5.74) is 2.88. The predicted octanol–water partition coefficient (Wildman–Crippen LogP) is 5.25. The van der Waals surface area contributed by atoms with Gasteiger partial charge < -0.3 is 10.1 Å². The largest absolute Gasteiger partial charge is 0.462 e. The Morgan fingerprint density at radius 1 is 1.25 bits per heavy atom. The van der Waals surface area contributed by atoms with E-state index in [4.69, 9.17) is 21.4 Å². The number of nitrogens with one attached hydrogen (secondary N) is 1. The molecule has 1 N–H and O–H groups in total. The molecule has 0 aliphatic carbocycles. The number of ether oxygens (including phenoxy) is 1. The highest BCUT2D eigenvalue weighted by Gasteiger charge is 2.36. The van der Waals surface area contributed by atoms with Crippen molar-refractivity contribution in [1.82, 2.24) is 19.7 Å². The maximum absolute atomic E-state index is 13.0. The summed E-state index contributed by atoms with van der Waals surface area (Å²) in [7, 11) is 0. The Kier molecular flexibility index (Phi) is 7.12. The fourth-order valence-corrected chi connectivity index (χ4v) is 4.53. The van der Waals surface area contributed by atoms with Crippen LogP contribution in [0, 0.1) is 0 Å². The molecule has 0 amide bonds. The SMILES string of the molecule is CCCCOC(=O)C1=C(C)Nc2nc(SCc3ccccc3Cl)nn2C1c1ccccn1. The van der Waals surface area contributed by atoms with Crippen molar-refractivity contribution in [3.8, 4) is 0 Å². The fourth-order valence-electron chi connectivity index (χ4n) is 3.41. The molecule has 0 saturated carbocycles. The van der Waals surface area contributed by atoms with Crippen LogP contribution in [0.2, 0.25) is 5.02 Å². The van der Waals surface area contributed by atoms with Crippen molar-refractivity contribution in [1.29, 1.82) is 0 Å². The lowest BCUT2D eigenvalue weighted by atomic mass is 10.00. The van der Waals surface area contributed by atoms with Crippen LogP contribution in [0.3, 0.4) is 0 Å². The molecule has 0 saturated heterocycles. The van der Waals surface area contributed by atoms with Crippen LogP contribution in [0.5, 0.6) is 0 Å². The lowest BCUT2D eigenvalue weighted by Gasteiger charge is -2.27. The molecular weight excluding hydrogens is 446 g/mol. The molecule has 0 spiro atoms. The first kappa shape index (κ1) is 22.4. The van der Waals surface area contributed by atoms with Crippen molar-refractivity contribution in [2.45, 2.75) is 43.6 Å². The minimum Gasteiger partial charge on any atom is -0.462 e. The average molecular weight is 470 g/mol. The van der Waals surface area contributed by atoms with E-state index in [1.165, 1.54) is 11.8 Å². The third-order valence-corrected chi connectivity index (χ3v) is 6.32. The summed E-state index contributed by atoms with van der Waals surface area (Å²) in [6.07, 6.45) is 3.47. The number of fused-ring (bicyclic) bond motifs is 1. The maximum atomic E-state index is 13.0. The number of benzene rings is 1. The summed E-state index contributed by atoms with van der Waals surface area (Å²) in [5.74, 6) is 0.825. The number of anilines is 1. The quantitative estimate of drug-likeness (QED) is 0.274. The first-order valence-corrected chi connectivity index (χ1v) is 11.8. The molecule has 2 aromatic heterocycles. The van der Waals surface area contributed by atoms with E-state index in [0.717, 1.165) is 18.4 Å². The second-order valence-electron chi connectivity index (χ2n) is 7.35. The van der Waals surface area contributed by atoms with E-state index in [9.17, 15) is 4.79 Å². The first-order valence-electron chi connectivity index (χ1n) is 10.5. The smallest absolute Gasteiger partial charge is 0.338 e. The van der Waals surface area contributed by atoms with Crippen LogP contribution in [-0.4, -0.2) is 32.3 Å². The molecule has 7 nitrogen and oxygen atoms in total. The molecule has 0 bridgehead atoms. The summed E-state index contributed by atoms with van der Waals surface area (Å²) in [6.45, 7) is 4.28. The molecule has 1 atom stereocenters. The third-order valence-electron chi connectivity index (χ3n) is 5.07. The van der Waals surface area contributed by atoms with Crippen molar-refractivity contribution < 1.29 is 9.53 Å². The highest BCUT2D eigenvalue weighted by atomic mass is 35.5. The fraction of sp³-hybridized carbons (Fsp3) is 0.304. The van der Waals surface area contributed by atoms with Gasteiger partial charge in [0, 0.05) is 22.7 Å². The molecule has 166 valence electrons. The van der Waals surface area contributed by atoms with Crippen molar-refractivity contribution in [2.75, 3.05) is 11.9 Å². The van der Waals surface area contributed by atoms with Gasteiger partial charge in [-0.25, -0.2) is 9.48 Å². The van der Waals surface area contributed by atoms with Crippen LogP contribution in [-0.2, 0) is 15.3 Å². The van der Waals surface area contributed by atoms with Gasteiger partial charge in [-0.2, -0.15) is 4.98 Å². The number of pyridine rings is 1. The molecule has 1 aromatic carbocycles. The van der Waals surface area contributed by atoms with Gasteiger partial charge in [0.2, 0.25) is 11.1 Å². The van der Waals surface area contributed by atoms with Gasteiger partial charge in [0.25, 0.3) is 0 Å². The molecule has 1 aliphatic heterocycles. The zero-order valence-corrected chi connectivity index (χ0v) is 19.5. The number of nitrogens with zero attached hydrogens (tertiary/aromatic N) is 4. The van der Waals surface area contributed by atoms with Crippen LogP contribution >= 0.6 is 23.4 Å². The summed E-state index contributed by atoms with van der Waals surface area (Å²) < 4.78 is 7.25. The standard InChI is InChI=1S/C23H24ClN5O2S/c1-3-4-13-31-21(30)19-15(2)26-22-27-23(32-14-16-9-5-6-10-17(16)24)28-29(22)20(19)18-11-7-8-12-25-18/h5-12,20H,3-4,13-14H2,1-2H3,(H,26,27,28). The molecule has 0 fully saturated rings. The molecule has 9 heteroatoms. The second-order valence-corrected chi connectivity index (χ2v) is 8.70. The zero-order chi connectivity index (χ0) is 22.5. The van der Waals surface area contributed by atoms with E-state index in [1.54, 1.807) is 10.9 Å². The van der Waals surface area contributed by atoms with Crippen molar-refractivity contribution in [3.63, 3.8) is 0 Å². The normalized spacial score (nSPS) is 15.3. The van der Waals surface area contributed by atoms with Crippen LogP contribution in [0.15, 0.2) is 65.1 Å². The van der Waals surface area contributed by atoms with E-state index >= 15 is 0 Å². The Bertz CT molecular complexity index is 1130. The van der Waals surface area contributed by atoms with Gasteiger partial charge in [0.05, 0.1) is 17.9 Å². The number of carbonyl (C=O) groups is 1. The van der Waals surface area contributed by atoms with Crippen LogP contribution < -0.4 is 5.32 Å². The van der Waals surface area contributed by atoms with Crippen LogP contribution in [0.4, 0.5) is 5.95 Å². The molecule has 4 rings (SSSR count). The van der Waals surface area contributed by atoms with Gasteiger partial charge in [-0.15, -0.1) is 5.10 Å². The van der Waals surface area contributed by atoms with E-state index < -0.39 is 6.04 Å². The predicted molar refractivity (Wildman–Crippen MR) is 126 cm³/mol. The Hall–Kier alpha value is -2.84. The number of esters is 1. The zero-order valence-electron chi connectivity index (χ0n) is 17.9. The number of unbranched alkanes of at least 4 members (excludes halogenated alkanes) is 1. The van der Waals surface area contributed by atoms with Gasteiger partial charge in [0.15, 0.2) is 0 Å². The molecule has 32 heavy (non-hydrogen) atoms. The highest BCUT2D eigenvalue weighted by Crippen LogP contribution is 2.36. The van der Waals surface area contributed by atoms with E-state index in [0.29, 0.717) is 45.5 Å². The molecule has 0 radical (unpaired) electrons. The van der Waals surface area contributed by atoms with Crippen LogP contribution in [0.1, 0.15) is 44.0 Å². The number of rotatable bonds is 8. The lowest BCUT2D eigenvalue weighted by Crippen LogP contribution is -2.30. The van der Waals surface area contributed by atoms with Gasteiger partial charge in [0.1, 0.15) is 6.04 Å². The minimum absolute atomic E-state index is 0.370. The average Bonchev–Trinajstić information content (AvgIpc) is 3.20. The second kappa shape index (κ2) is 10.2. The maximum Gasteiger partial charge on any atom is 0.338 e. The summed E-state index contributed by atoms with van der Waals surface area (Å²) in [6, 6.07) is 12.8. The molecule has 3 aromatic rings. The number of allylic oxidation sites excluding steroid dienone is 1. The van der Waals surface area contributed by atoms with Crippen molar-refractivity contribution in [2.24, 2.45) is 0 Å². The van der Waals surface area contributed by atoms with E-state index in [-0.39, 0.29) is 5.97 Å². The number of hydrogen-bond donors (Lipinski definition) is 1. The highest BCUT2D eigenvalue weighted by molar-refractivity contribution is 7.98.